The van der Waals surface area contributed by atoms with Gasteiger partial charge in [0.15, 0.2) is 12.4 Å². The summed E-state index contributed by atoms with van der Waals surface area (Å²) in [4.78, 5) is 35.6. The van der Waals surface area contributed by atoms with E-state index < -0.39 is 18.5 Å². The van der Waals surface area contributed by atoms with Crippen molar-refractivity contribution in [3.05, 3.63) is 63.1 Å². The van der Waals surface area contributed by atoms with Gasteiger partial charge >= 0.3 is 5.97 Å². The predicted octanol–water partition coefficient (Wildman–Crippen LogP) is 4.56. The number of rotatable bonds is 7. The molecule has 0 bridgehead atoms. The Balaban J connectivity index is 1.77. The Morgan fingerprint density at radius 3 is 2.50 bits per heavy atom. The second-order valence-electron chi connectivity index (χ2n) is 5.58. The smallest absolute Gasteiger partial charge is 0.306 e. The number of amides is 1. The molecule has 0 radical (unpaired) electrons. The molecule has 2 aromatic carbocycles. The largest absolute Gasteiger partial charge is 0.456 e. The van der Waals surface area contributed by atoms with Crippen molar-refractivity contribution in [2.75, 3.05) is 11.9 Å². The lowest BCUT2D eigenvalue weighted by molar-refractivity contribution is -0.147. The molecular weight excluding hydrogens is 422 g/mol. The first-order valence-electron chi connectivity index (χ1n) is 7.86. The van der Waals surface area contributed by atoms with Crippen LogP contribution in [0.25, 0.3) is 0 Å². The first-order chi connectivity index (χ1) is 12.4. The third-order valence-electron chi connectivity index (χ3n) is 3.56. The number of Topliss-reactive ketones (excluding diaryl/α,β-unsaturated/α-hetero) is 1. The quantitative estimate of drug-likeness (QED) is 0.508. The van der Waals surface area contributed by atoms with E-state index in [1.807, 2.05) is 13.0 Å². The van der Waals surface area contributed by atoms with E-state index in [0.29, 0.717) is 16.3 Å². The first-order valence-corrected chi connectivity index (χ1v) is 9.03. The molecule has 0 aromatic heterocycles. The molecule has 0 unspecified atom stereocenters. The predicted molar refractivity (Wildman–Crippen MR) is 103 cm³/mol. The highest BCUT2D eigenvalue weighted by Gasteiger charge is 2.13. The number of aryl methyl sites for hydroxylation is 1. The Labute approximate surface area is 164 Å². The molecule has 26 heavy (non-hydrogen) atoms. The van der Waals surface area contributed by atoms with Crippen LogP contribution in [0.3, 0.4) is 0 Å². The SMILES string of the molecule is Cc1cc(Br)c(Cl)cc1NC(=O)COC(=O)CCC(=O)c1ccccc1. The van der Waals surface area contributed by atoms with Crippen LogP contribution < -0.4 is 5.32 Å². The Bertz CT molecular complexity index is 824. The van der Waals surface area contributed by atoms with Gasteiger partial charge in [0, 0.05) is 22.1 Å². The number of hydrogen-bond donors (Lipinski definition) is 1. The van der Waals surface area contributed by atoms with Crippen LogP contribution in [0.5, 0.6) is 0 Å². The van der Waals surface area contributed by atoms with Crippen LogP contribution in [0.4, 0.5) is 5.69 Å². The van der Waals surface area contributed by atoms with Gasteiger partial charge in [0.2, 0.25) is 0 Å². The normalized spacial score (nSPS) is 10.3. The van der Waals surface area contributed by atoms with E-state index in [1.165, 1.54) is 0 Å². The minimum atomic E-state index is -0.602. The molecule has 2 rings (SSSR count). The standard InChI is InChI=1S/C19H17BrClNO4/c1-12-9-14(20)15(21)10-16(12)22-18(24)11-26-19(25)8-7-17(23)13-5-3-2-4-6-13/h2-6,9-10H,7-8,11H2,1H3,(H,22,24). The van der Waals surface area contributed by atoms with E-state index in [0.717, 1.165) is 10.0 Å². The molecular formula is C19H17BrClNO4. The van der Waals surface area contributed by atoms with Crippen molar-refractivity contribution < 1.29 is 19.1 Å². The van der Waals surface area contributed by atoms with Gasteiger partial charge in [-0.3, -0.25) is 14.4 Å². The lowest BCUT2D eigenvalue weighted by atomic mass is 10.1. The van der Waals surface area contributed by atoms with Crippen LogP contribution in [-0.4, -0.2) is 24.3 Å². The summed E-state index contributed by atoms with van der Waals surface area (Å²) >= 11 is 9.30. The molecule has 0 aliphatic rings. The van der Waals surface area contributed by atoms with E-state index in [2.05, 4.69) is 21.2 Å². The summed E-state index contributed by atoms with van der Waals surface area (Å²) in [7, 11) is 0. The molecule has 0 atom stereocenters. The highest BCUT2D eigenvalue weighted by molar-refractivity contribution is 9.10. The molecule has 2 aromatic rings. The van der Waals surface area contributed by atoms with Gasteiger partial charge in [0.05, 0.1) is 11.4 Å². The fraction of sp³-hybridized carbons (Fsp3) is 0.211. The van der Waals surface area contributed by atoms with Crippen molar-refractivity contribution in [3.8, 4) is 0 Å². The topological polar surface area (TPSA) is 72.5 Å². The lowest BCUT2D eigenvalue weighted by Crippen LogP contribution is -2.21. The van der Waals surface area contributed by atoms with Gasteiger partial charge in [-0.25, -0.2) is 0 Å². The van der Waals surface area contributed by atoms with Crippen LogP contribution in [0.15, 0.2) is 46.9 Å². The van der Waals surface area contributed by atoms with Gasteiger partial charge in [0.25, 0.3) is 5.91 Å². The van der Waals surface area contributed by atoms with Crippen molar-refractivity contribution in [3.63, 3.8) is 0 Å². The monoisotopic (exact) mass is 437 g/mol. The van der Waals surface area contributed by atoms with Gasteiger partial charge in [-0.2, -0.15) is 0 Å². The van der Waals surface area contributed by atoms with Gasteiger partial charge < -0.3 is 10.1 Å². The fourth-order valence-electron chi connectivity index (χ4n) is 2.17. The number of ether oxygens (including phenoxy) is 1. The maximum Gasteiger partial charge on any atom is 0.306 e. The summed E-state index contributed by atoms with van der Waals surface area (Å²) in [6.45, 7) is 1.39. The number of nitrogens with one attached hydrogen (secondary N) is 1. The average Bonchev–Trinajstić information content (AvgIpc) is 2.63. The molecule has 136 valence electrons. The molecule has 1 amide bonds. The molecule has 0 saturated carbocycles. The minimum absolute atomic E-state index is 0.0336. The summed E-state index contributed by atoms with van der Waals surface area (Å²) in [5.41, 5.74) is 1.90. The lowest BCUT2D eigenvalue weighted by Gasteiger charge is -2.10. The fourth-order valence-corrected chi connectivity index (χ4v) is 2.79. The van der Waals surface area contributed by atoms with Crippen molar-refractivity contribution in [1.29, 1.82) is 0 Å². The molecule has 7 heteroatoms. The summed E-state index contributed by atoms with van der Waals surface area (Å²) in [6, 6.07) is 12.1. The number of halogens is 2. The third kappa shape index (κ3) is 5.97. The van der Waals surface area contributed by atoms with E-state index in [1.54, 1.807) is 36.4 Å². The van der Waals surface area contributed by atoms with Gasteiger partial charge in [0.1, 0.15) is 0 Å². The Kier molecular flexibility index (Phi) is 7.36. The number of benzene rings is 2. The number of esters is 1. The Morgan fingerprint density at radius 2 is 1.81 bits per heavy atom. The van der Waals surface area contributed by atoms with Crippen LogP contribution >= 0.6 is 27.5 Å². The highest BCUT2D eigenvalue weighted by Crippen LogP contribution is 2.28. The average molecular weight is 439 g/mol. The summed E-state index contributed by atoms with van der Waals surface area (Å²) in [5, 5.41) is 3.10. The van der Waals surface area contributed by atoms with E-state index >= 15 is 0 Å². The number of anilines is 1. The number of carbonyl (C=O) groups is 3. The number of ketones is 1. The van der Waals surface area contributed by atoms with E-state index in [-0.39, 0.29) is 18.6 Å². The van der Waals surface area contributed by atoms with Crippen molar-refractivity contribution in [2.45, 2.75) is 19.8 Å². The second kappa shape index (κ2) is 9.50. The highest BCUT2D eigenvalue weighted by atomic mass is 79.9. The molecule has 0 saturated heterocycles. The second-order valence-corrected chi connectivity index (χ2v) is 6.84. The molecule has 0 aliphatic carbocycles. The van der Waals surface area contributed by atoms with Gasteiger partial charge in [-0.05, 0) is 40.5 Å². The molecule has 0 aliphatic heterocycles. The zero-order chi connectivity index (χ0) is 19.1. The number of carbonyl (C=O) groups excluding carboxylic acids is 3. The van der Waals surface area contributed by atoms with Gasteiger partial charge in [-0.15, -0.1) is 0 Å². The molecule has 1 N–H and O–H groups in total. The van der Waals surface area contributed by atoms with Crippen LogP contribution in [0, 0.1) is 6.92 Å². The zero-order valence-electron chi connectivity index (χ0n) is 14.1. The molecule has 0 fully saturated rings. The van der Waals surface area contributed by atoms with Crippen LogP contribution in [0.1, 0.15) is 28.8 Å². The minimum Gasteiger partial charge on any atom is -0.456 e. The summed E-state index contributed by atoms with van der Waals surface area (Å²) < 4.78 is 5.64. The van der Waals surface area contributed by atoms with E-state index in [9.17, 15) is 14.4 Å². The summed E-state index contributed by atoms with van der Waals surface area (Å²) in [5.74, 6) is -1.23. The third-order valence-corrected chi connectivity index (χ3v) is 4.75. The van der Waals surface area contributed by atoms with E-state index in [4.69, 9.17) is 16.3 Å². The maximum absolute atomic E-state index is 11.9. The molecule has 5 nitrogen and oxygen atoms in total. The Hall–Kier alpha value is -2.18. The first kappa shape index (κ1) is 20.1. The van der Waals surface area contributed by atoms with Crippen LogP contribution in [-0.2, 0) is 14.3 Å². The van der Waals surface area contributed by atoms with Crippen molar-refractivity contribution >= 4 is 50.9 Å². The van der Waals surface area contributed by atoms with Crippen molar-refractivity contribution in [1.82, 2.24) is 0 Å². The Morgan fingerprint density at radius 1 is 1.12 bits per heavy atom. The zero-order valence-corrected chi connectivity index (χ0v) is 16.4. The van der Waals surface area contributed by atoms with Gasteiger partial charge in [-0.1, -0.05) is 41.9 Å². The molecule has 0 spiro atoms. The molecule has 0 heterocycles. The summed E-state index contributed by atoms with van der Waals surface area (Å²) in [6.07, 6.45) is -0.0456. The van der Waals surface area contributed by atoms with Crippen LogP contribution in [0.2, 0.25) is 5.02 Å². The maximum atomic E-state index is 11.9. The number of hydrogen-bond acceptors (Lipinski definition) is 4. The van der Waals surface area contributed by atoms with Crippen molar-refractivity contribution in [2.24, 2.45) is 0 Å².